The number of amides is 1. The molecule has 0 fully saturated rings. The summed E-state index contributed by atoms with van der Waals surface area (Å²) in [5.41, 5.74) is 6.53. The van der Waals surface area contributed by atoms with Crippen LogP contribution < -0.4 is 11.1 Å². The predicted octanol–water partition coefficient (Wildman–Crippen LogP) is 0.782. The quantitative estimate of drug-likeness (QED) is 0.815. The average molecular weight is 230 g/mol. The van der Waals surface area contributed by atoms with Gasteiger partial charge in [0, 0.05) is 12.7 Å². The SMILES string of the molecule is Nc1ccn(CC(=O)NCc2ccccc2)n1. The summed E-state index contributed by atoms with van der Waals surface area (Å²) < 4.78 is 1.51. The van der Waals surface area contributed by atoms with E-state index in [-0.39, 0.29) is 12.5 Å². The Morgan fingerprint density at radius 2 is 2.06 bits per heavy atom. The Morgan fingerprint density at radius 1 is 1.29 bits per heavy atom. The van der Waals surface area contributed by atoms with Gasteiger partial charge in [0.25, 0.3) is 0 Å². The lowest BCUT2D eigenvalue weighted by molar-refractivity contribution is -0.122. The number of nitrogen functional groups attached to an aromatic ring is 1. The third-order valence-electron chi connectivity index (χ3n) is 2.30. The zero-order valence-corrected chi connectivity index (χ0v) is 9.34. The van der Waals surface area contributed by atoms with Gasteiger partial charge in [-0.2, -0.15) is 5.10 Å². The minimum Gasteiger partial charge on any atom is -0.382 e. The van der Waals surface area contributed by atoms with Gasteiger partial charge in [0.2, 0.25) is 5.91 Å². The highest BCUT2D eigenvalue weighted by Crippen LogP contribution is 1.98. The fourth-order valence-electron chi connectivity index (χ4n) is 1.46. The fourth-order valence-corrected chi connectivity index (χ4v) is 1.46. The van der Waals surface area contributed by atoms with Crippen LogP contribution >= 0.6 is 0 Å². The summed E-state index contributed by atoms with van der Waals surface area (Å²) in [6.07, 6.45) is 1.68. The number of anilines is 1. The van der Waals surface area contributed by atoms with Crippen LogP contribution in [0.3, 0.4) is 0 Å². The smallest absolute Gasteiger partial charge is 0.241 e. The molecular formula is C12H14N4O. The third-order valence-corrected chi connectivity index (χ3v) is 2.30. The van der Waals surface area contributed by atoms with Crippen molar-refractivity contribution >= 4 is 11.7 Å². The molecule has 5 nitrogen and oxygen atoms in total. The number of carbonyl (C=O) groups excluding carboxylic acids is 1. The molecule has 1 aromatic carbocycles. The molecule has 2 rings (SSSR count). The van der Waals surface area contributed by atoms with Crippen LogP contribution in [0.15, 0.2) is 42.6 Å². The number of nitrogens with one attached hydrogen (secondary N) is 1. The Balaban J connectivity index is 1.82. The molecule has 0 saturated heterocycles. The molecule has 17 heavy (non-hydrogen) atoms. The lowest BCUT2D eigenvalue weighted by Crippen LogP contribution is -2.27. The lowest BCUT2D eigenvalue weighted by atomic mass is 10.2. The molecule has 5 heteroatoms. The van der Waals surface area contributed by atoms with Gasteiger partial charge < -0.3 is 11.1 Å². The molecule has 1 aromatic heterocycles. The Bertz CT molecular complexity index is 492. The Hall–Kier alpha value is -2.30. The van der Waals surface area contributed by atoms with Gasteiger partial charge in [0.1, 0.15) is 12.4 Å². The van der Waals surface area contributed by atoms with Crippen LogP contribution in [0.2, 0.25) is 0 Å². The monoisotopic (exact) mass is 230 g/mol. The van der Waals surface area contributed by atoms with Crippen molar-refractivity contribution in [2.75, 3.05) is 5.73 Å². The first kappa shape index (κ1) is 11.2. The van der Waals surface area contributed by atoms with Gasteiger partial charge in [0.05, 0.1) is 0 Å². The molecule has 0 aliphatic heterocycles. The zero-order valence-electron chi connectivity index (χ0n) is 9.34. The number of benzene rings is 1. The van der Waals surface area contributed by atoms with Crippen molar-refractivity contribution in [1.29, 1.82) is 0 Å². The zero-order chi connectivity index (χ0) is 12.1. The second-order valence-electron chi connectivity index (χ2n) is 3.70. The van der Waals surface area contributed by atoms with E-state index in [9.17, 15) is 4.79 Å². The second-order valence-corrected chi connectivity index (χ2v) is 3.70. The fraction of sp³-hybridized carbons (Fsp3) is 0.167. The number of nitrogens with zero attached hydrogens (tertiary/aromatic N) is 2. The summed E-state index contributed by atoms with van der Waals surface area (Å²) in [5.74, 6) is 0.331. The van der Waals surface area contributed by atoms with Gasteiger partial charge in [-0.05, 0) is 11.6 Å². The summed E-state index contributed by atoms with van der Waals surface area (Å²) in [6.45, 7) is 0.709. The first-order chi connectivity index (χ1) is 8.24. The number of rotatable bonds is 4. The lowest BCUT2D eigenvalue weighted by Gasteiger charge is -2.05. The van der Waals surface area contributed by atoms with Crippen molar-refractivity contribution in [2.24, 2.45) is 0 Å². The molecule has 0 saturated carbocycles. The van der Waals surface area contributed by atoms with E-state index in [1.165, 1.54) is 4.68 Å². The maximum Gasteiger partial charge on any atom is 0.241 e. The van der Waals surface area contributed by atoms with Crippen LogP contribution in [0.4, 0.5) is 5.82 Å². The van der Waals surface area contributed by atoms with Crippen LogP contribution in [0.25, 0.3) is 0 Å². The van der Waals surface area contributed by atoms with Crippen LogP contribution in [-0.4, -0.2) is 15.7 Å². The molecule has 88 valence electrons. The van der Waals surface area contributed by atoms with E-state index < -0.39 is 0 Å². The predicted molar refractivity (Wildman–Crippen MR) is 64.9 cm³/mol. The van der Waals surface area contributed by atoms with E-state index in [0.717, 1.165) is 5.56 Å². The number of aromatic nitrogens is 2. The minimum absolute atomic E-state index is 0.0862. The molecule has 1 amide bonds. The molecule has 3 N–H and O–H groups in total. The Labute approximate surface area is 99.2 Å². The van der Waals surface area contributed by atoms with Crippen LogP contribution in [0, 0.1) is 0 Å². The maximum atomic E-state index is 11.6. The Morgan fingerprint density at radius 3 is 2.71 bits per heavy atom. The van der Waals surface area contributed by atoms with E-state index in [1.54, 1.807) is 12.3 Å². The molecule has 0 aliphatic rings. The topological polar surface area (TPSA) is 72.9 Å². The van der Waals surface area contributed by atoms with Gasteiger partial charge in [-0.1, -0.05) is 30.3 Å². The van der Waals surface area contributed by atoms with E-state index in [1.807, 2.05) is 30.3 Å². The molecule has 0 unspecified atom stereocenters. The van der Waals surface area contributed by atoms with Crippen LogP contribution in [-0.2, 0) is 17.9 Å². The minimum atomic E-state index is -0.0862. The van der Waals surface area contributed by atoms with E-state index in [0.29, 0.717) is 12.4 Å². The molecule has 0 aliphatic carbocycles. The number of hydrogen-bond acceptors (Lipinski definition) is 3. The van der Waals surface area contributed by atoms with E-state index in [2.05, 4.69) is 10.4 Å². The third kappa shape index (κ3) is 3.34. The largest absolute Gasteiger partial charge is 0.382 e. The van der Waals surface area contributed by atoms with E-state index in [4.69, 9.17) is 5.73 Å². The van der Waals surface area contributed by atoms with Gasteiger partial charge in [0.15, 0.2) is 0 Å². The van der Waals surface area contributed by atoms with Crippen molar-refractivity contribution in [3.05, 3.63) is 48.2 Å². The highest BCUT2D eigenvalue weighted by molar-refractivity contribution is 5.75. The summed E-state index contributed by atoms with van der Waals surface area (Å²) in [4.78, 5) is 11.6. The van der Waals surface area contributed by atoms with Gasteiger partial charge in [-0.25, -0.2) is 0 Å². The van der Waals surface area contributed by atoms with Gasteiger partial charge in [-0.3, -0.25) is 9.48 Å². The van der Waals surface area contributed by atoms with E-state index >= 15 is 0 Å². The van der Waals surface area contributed by atoms with Crippen LogP contribution in [0.1, 0.15) is 5.56 Å². The number of carbonyl (C=O) groups is 1. The van der Waals surface area contributed by atoms with Crippen molar-refractivity contribution in [1.82, 2.24) is 15.1 Å². The second kappa shape index (κ2) is 5.16. The molecule has 0 atom stereocenters. The molecule has 2 aromatic rings. The number of hydrogen-bond donors (Lipinski definition) is 2. The van der Waals surface area contributed by atoms with Crippen molar-refractivity contribution in [3.63, 3.8) is 0 Å². The van der Waals surface area contributed by atoms with Crippen LogP contribution in [0.5, 0.6) is 0 Å². The Kier molecular flexibility index (Phi) is 3.40. The summed E-state index contributed by atoms with van der Waals surface area (Å²) in [5, 5.41) is 6.76. The first-order valence-electron chi connectivity index (χ1n) is 5.33. The molecule has 0 radical (unpaired) electrons. The molecule has 1 heterocycles. The maximum absolute atomic E-state index is 11.6. The average Bonchev–Trinajstić information content (AvgIpc) is 2.73. The summed E-state index contributed by atoms with van der Waals surface area (Å²) in [7, 11) is 0. The molecule has 0 bridgehead atoms. The normalized spacial score (nSPS) is 10.1. The summed E-state index contributed by atoms with van der Waals surface area (Å²) >= 11 is 0. The number of nitrogens with two attached hydrogens (primary N) is 1. The molecular weight excluding hydrogens is 216 g/mol. The highest BCUT2D eigenvalue weighted by Gasteiger charge is 2.03. The van der Waals surface area contributed by atoms with Crippen molar-refractivity contribution in [3.8, 4) is 0 Å². The standard InChI is InChI=1S/C12H14N4O/c13-11-6-7-16(15-11)9-12(17)14-8-10-4-2-1-3-5-10/h1-7H,8-9H2,(H2,13,15)(H,14,17). The highest BCUT2D eigenvalue weighted by atomic mass is 16.2. The van der Waals surface area contributed by atoms with Crippen molar-refractivity contribution in [2.45, 2.75) is 13.1 Å². The van der Waals surface area contributed by atoms with Gasteiger partial charge in [-0.15, -0.1) is 0 Å². The van der Waals surface area contributed by atoms with Gasteiger partial charge >= 0.3 is 0 Å². The molecule has 0 spiro atoms. The summed E-state index contributed by atoms with van der Waals surface area (Å²) in [6, 6.07) is 11.4. The van der Waals surface area contributed by atoms with Crippen molar-refractivity contribution < 1.29 is 4.79 Å². The first-order valence-corrected chi connectivity index (χ1v) is 5.33.